The van der Waals surface area contributed by atoms with Gasteiger partial charge in [-0.05, 0) is 73.1 Å². The molecule has 1 amide bonds. The van der Waals surface area contributed by atoms with E-state index in [2.05, 4.69) is 13.0 Å². The van der Waals surface area contributed by atoms with Crippen LogP contribution in [-0.4, -0.2) is 49.2 Å². The molecule has 0 bridgehead atoms. The molecule has 1 saturated carbocycles. The number of methoxy groups -OCH3 is 1. The maximum Gasteiger partial charge on any atom is 0.237 e. The van der Waals surface area contributed by atoms with Crippen LogP contribution in [0.5, 0.6) is 0 Å². The van der Waals surface area contributed by atoms with Gasteiger partial charge in [-0.15, -0.1) is 0 Å². The lowest BCUT2D eigenvalue weighted by Gasteiger charge is -2.46. The van der Waals surface area contributed by atoms with Crippen molar-refractivity contribution in [1.29, 1.82) is 10.7 Å². The molecule has 1 aromatic carbocycles. The first-order valence-electron chi connectivity index (χ1n) is 11.7. The van der Waals surface area contributed by atoms with Gasteiger partial charge in [0.1, 0.15) is 0 Å². The molecule has 1 spiro atoms. The second kappa shape index (κ2) is 9.21. The van der Waals surface area contributed by atoms with Crippen molar-refractivity contribution in [3.8, 4) is 6.07 Å². The standard InChI is InChI=1S/C25H34N4O3/c1-3-17-12-25(9-8-21(17)31-2)13-18-7-6-16(14-26)11-20(18)22(25)23(30)29(24(27)28)15-19-5-4-10-32-19/h6-7,11,17,19,21-22H,3-5,8-10,12-13,15H2,1-2H3,(H3,27,28)/t17-,19+,21-,22-,25-/m0/s1. The molecule has 7 heteroatoms. The molecule has 172 valence electrons. The smallest absolute Gasteiger partial charge is 0.237 e. The molecule has 1 aliphatic heterocycles. The fraction of sp³-hybridized carbons (Fsp3) is 0.640. The minimum absolute atomic E-state index is 0.0854. The van der Waals surface area contributed by atoms with E-state index < -0.39 is 5.92 Å². The summed E-state index contributed by atoms with van der Waals surface area (Å²) in [6.07, 6.45) is 6.42. The van der Waals surface area contributed by atoms with E-state index >= 15 is 0 Å². The molecule has 0 aromatic heterocycles. The van der Waals surface area contributed by atoms with Gasteiger partial charge in [-0.1, -0.05) is 19.4 Å². The van der Waals surface area contributed by atoms with Crippen molar-refractivity contribution < 1.29 is 14.3 Å². The highest BCUT2D eigenvalue weighted by Gasteiger charge is 2.54. The summed E-state index contributed by atoms with van der Waals surface area (Å²) in [5.74, 6) is -0.406. The van der Waals surface area contributed by atoms with Gasteiger partial charge in [0.05, 0.1) is 36.3 Å². The Morgan fingerprint density at radius 1 is 1.44 bits per heavy atom. The zero-order valence-electron chi connectivity index (χ0n) is 19.1. The third-order valence-corrected chi connectivity index (χ3v) is 7.90. The molecule has 1 heterocycles. The molecule has 1 aromatic rings. The number of hydrogen-bond acceptors (Lipinski definition) is 5. The highest BCUT2D eigenvalue weighted by molar-refractivity contribution is 5.99. The van der Waals surface area contributed by atoms with Gasteiger partial charge in [-0.3, -0.25) is 15.1 Å². The number of hydrogen-bond donors (Lipinski definition) is 2. The summed E-state index contributed by atoms with van der Waals surface area (Å²) in [4.78, 5) is 15.5. The summed E-state index contributed by atoms with van der Waals surface area (Å²) in [5.41, 5.74) is 8.31. The highest BCUT2D eigenvalue weighted by atomic mass is 16.5. The number of nitriles is 1. The number of nitrogens with one attached hydrogen (secondary N) is 1. The maximum absolute atomic E-state index is 14.1. The van der Waals surface area contributed by atoms with E-state index in [1.165, 1.54) is 4.90 Å². The Bertz CT molecular complexity index is 920. The van der Waals surface area contributed by atoms with Gasteiger partial charge in [0.25, 0.3) is 0 Å². The minimum Gasteiger partial charge on any atom is -0.381 e. The fourth-order valence-corrected chi connectivity index (χ4v) is 6.32. The van der Waals surface area contributed by atoms with Gasteiger partial charge in [0, 0.05) is 13.7 Å². The quantitative estimate of drug-likeness (QED) is 0.541. The van der Waals surface area contributed by atoms with Crippen LogP contribution in [0.3, 0.4) is 0 Å². The first kappa shape index (κ1) is 22.8. The Morgan fingerprint density at radius 2 is 2.25 bits per heavy atom. The summed E-state index contributed by atoms with van der Waals surface area (Å²) < 4.78 is 11.5. The molecule has 1 saturated heterocycles. The predicted octanol–water partition coefficient (Wildman–Crippen LogP) is 3.31. The van der Waals surface area contributed by atoms with Crippen LogP contribution in [0.2, 0.25) is 0 Å². The summed E-state index contributed by atoms with van der Waals surface area (Å²) in [6.45, 7) is 3.18. The minimum atomic E-state index is -0.414. The largest absolute Gasteiger partial charge is 0.381 e. The van der Waals surface area contributed by atoms with E-state index in [0.29, 0.717) is 24.6 Å². The molecular weight excluding hydrogens is 404 g/mol. The molecular formula is C25H34N4O3. The van der Waals surface area contributed by atoms with E-state index in [4.69, 9.17) is 20.6 Å². The van der Waals surface area contributed by atoms with Crippen LogP contribution in [0.25, 0.3) is 0 Å². The predicted molar refractivity (Wildman–Crippen MR) is 121 cm³/mol. The third kappa shape index (κ3) is 4.02. The number of fused-ring (bicyclic) bond motifs is 1. The van der Waals surface area contributed by atoms with Gasteiger partial charge in [-0.2, -0.15) is 5.26 Å². The Labute approximate surface area is 190 Å². The molecule has 5 atom stereocenters. The van der Waals surface area contributed by atoms with Crippen LogP contribution >= 0.6 is 0 Å². The Hall–Kier alpha value is -2.43. The lowest BCUT2D eigenvalue weighted by Crippen LogP contribution is -2.51. The fourth-order valence-electron chi connectivity index (χ4n) is 6.32. The van der Waals surface area contributed by atoms with Crippen molar-refractivity contribution in [2.75, 3.05) is 20.3 Å². The number of nitrogens with two attached hydrogens (primary N) is 1. The van der Waals surface area contributed by atoms with E-state index in [0.717, 1.165) is 56.1 Å². The van der Waals surface area contributed by atoms with E-state index in [1.807, 2.05) is 18.2 Å². The van der Waals surface area contributed by atoms with Gasteiger partial charge in [0.15, 0.2) is 5.96 Å². The molecule has 4 rings (SSSR count). The van der Waals surface area contributed by atoms with Crippen molar-refractivity contribution >= 4 is 11.9 Å². The number of carbonyl (C=O) groups excluding carboxylic acids is 1. The van der Waals surface area contributed by atoms with Crippen LogP contribution in [0, 0.1) is 28.1 Å². The number of benzene rings is 1. The molecule has 32 heavy (non-hydrogen) atoms. The second-order valence-electron chi connectivity index (χ2n) is 9.65. The SMILES string of the molecule is CC[C@H]1C[C@@]2(CC[C@@H]1OC)Cc1ccc(C#N)cc1[C@H]2C(=O)N(C[C@H]1CCCO1)C(=N)N. The van der Waals surface area contributed by atoms with Crippen LogP contribution in [0.1, 0.15) is 68.1 Å². The van der Waals surface area contributed by atoms with Gasteiger partial charge in [0.2, 0.25) is 5.91 Å². The lowest BCUT2D eigenvalue weighted by atomic mass is 9.61. The van der Waals surface area contributed by atoms with Crippen LogP contribution in [0.15, 0.2) is 18.2 Å². The molecule has 0 radical (unpaired) electrons. The average Bonchev–Trinajstić information content (AvgIpc) is 3.41. The third-order valence-electron chi connectivity index (χ3n) is 7.90. The van der Waals surface area contributed by atoms with Crippen molar-refractivity contribution in [3.63, 3.8) is 0 Å². The molecule has 0 unspecified atom stereocenters. The maximum atomic E-state index is 14.1. The Morgan fingerprint density at radius 3 is 2.88 bits per heavy atom. The topological polar surface area (TPSA) is 112 Å². The van der Waals surface area contributed by atoms with Gasteiger partial charge < -0.3 is 15.2 Å². The van der Waals surface area contributed by atoms with Crippen molar-refractivity contribution in [3.05, 3.63) is 34.9 Å². The Kier molecular flexibility index (Phi) is 6.55. The normalized spacial score (nSPS) is 31.3. The van der Waals surface area contributed by atoms with Crippen LogP contribution in [-0.2, 0) is 20.7 Å². The number of carbonyl (C=O) groups is 1. The first-order chi connectivity index (χ1) is 15.4. The average molecular weight is 439 g/mol. The van der Waals surface area contributed by atoms with Crippen LogP contribution < -0.4 is 5.73 Å². The number of rotatable bonds is 5. The number of amides is 1. The Balaban J connectivity index is 1.73. The van der Waals surface area contributed by atoms with Crippen molar-refractivity contribution in [2.45, 2.75) is 70.0 Å². The molecule has 7 nitrogen and oxygen atoms in total. The van der Waals surface area contributed by atoms with Crippen molar-refractivity contribution in [1.82, 2.24) is 4.90 Å². The first-order valence-corrected chi connectivity index (χ1v) is 11.7. The molecule has 2 fully saturated rings. The molecule has 3 aliphatic rings. The summed E-state index contributed by atoms with van der Waals surface area (Å²) >= 11 is 0. The van der Waals surface area contributed by atoms with Crippen LogP contribution in [0.4, 0.5) is 0 Å². The van der Waals surface area contributed by atoms with E-state index in [-0.39, 0.29) is 29.5 Å². The summed E-state index contributed by atoms with van der Waals surface area (Å²) in [7, 11) is 1.77. The van der Waals surface area contributed by atoms with Crippen molar-refractivity contribution in [2.24, 2.45) is 17.1 Å². The van der Waals surface area contributed by atoms with E-state index in [1.54, 1.807) is 7.11 Å². The zero-order chi connectivity index (χ0) is 22.9. The number of guanidine groups is 1. The zero-order valence-corrected chi connectivity index (χ0v) is 19.1. The second-order valence-corrected chi connectivity index (χ2v) is 9.65. The number of ether oxygens (including phenoxy) is 2. The summed E-state index contributed by atoms with van der Waals surface area (Å²) in [6, 6.07) is 7.94. The highest BCUT2D eigenvalue weighted by Crippen LogP contribution is 2.58. The van der Waals surface area contributed by atoms with Gasteiger partial charge >= 0.3 is 0 Å². The molecule has 3 N–H and O–H groups in total. The van der Waals surface area contributed by atoms with E-state index in [9.17, 15) is 10.1 Å². The number of nitrogens with zero attached hydrogens (tertiary/aromatic N) is 2. The lowest BCUT2D eigenvalue weighted by molar-refractivity contribution is -0.135. The summed E-state index contributed by atoms with van der Waals surface area (Å²) in [5, 5.41) is 17.7. The monoisotopic (exact) mass is 438 g/mol. The molecule has 2 aliphatic carbocycles. The van der Waals surface area contributed by atoms with Gasteiger partial charge in [-0.25, -0.2) is 0 Å².